The van der Waals surface area contributed by atoms with E-state index in [9.17, 15) is 4.79 Å². The van der Waals surface area contributed by atoms with Crippen molar-refractivity contribution in [3.63, 3.8) is 0 Å². The predicted molar refractivity (Wildman–Crippen MR) is 81.6 cm³/mol. The molecule has 1 aromatic carbocycles. The summed E-state index contributed by atoms with van der Waals surface area (Å²) in [6, 6.07) is 6.88. The van der Waals surface area contributed by atoms with E-state index in [0.29, 0.717) is 11.3 Å². The monoisotopic (exact) mass is 293 g/mol. The minimum absolute atomic E-state index is 0.0444. The molecule has 0 aliphatic rings. The molecule has 0 radical (unpaired) electrons. The number of benzene rings is 1. The van der Waals surface area contributed by atoms with Crippen LogP contribution in [0.1, 0.15) is 32.3 Å². The molecule has 6 heteroatoms. The number of amidine groups is 1. The van der Waals surface area contributed by atoms with Crippen molar-refractivity contribution in [1.82, 2.24) is 4.90 Å². The second-order valence-electron chi connectivity index (χ2n) is 4.65. The van der Waals surface area contributed by atoms with Gasteiger partial charge in [0.1, 0.15) is 5.75 Å². The number of rotatable bonds is 8. The molecule has 0 aliphatic carbocycles. The number of para-hydroxylation sites is 1. The quantitative estimate of drug-likeness (QED) is 0.331. The summed E-state index contributed by atoms with van der Waals surface area (Å²) in [5.74, 6) is 0.319. The molecule has 1 aromatic rings. The van der Waals surface area contributed by atoms with E-state index >= 15 is 0 Å². The molecule has 21 heavy (non-hydrogen) atoms. The fraction of sp³-hybridized carbons (Fsp3) is 0.467. The zero-order valence-electron chi connectivity index (χ0n) is 12.6. The van der Waals surface area contributed by atoms with Crippen LogP contribution in [0.4, 0.5) is 0 Å². The van der Waals surface area contributed by atoms with Gasteiger partial charge in [0.2, 0.25) is 0 Å². The third-order valence-corrected chi connectivity index (χ3v) is 2.96. The Bertz CT molecular complexity index is 483. The van der Waals surface area contributed by atoms with E-state index in [0.717, 1.165) is 25.9 Å². The minimum Gasteiger partial charge on any atom is -0.483 e. The molecular weight excluding hydrogens is 270 g/mol. The second-order valence-corrected chi connectivity index (χ2v) is 4.65. The fourth-order valence-electron chi connectivity index (χ4n) is 1.99. The third kappa shape index (κ3) is 4.98. The Hall–Kier alpha value is -2.24. The third-order valence-electron chi connectivity index (χ3n) is 2.96. The molecule has 3 N–H and O–H groups in total. The van der Waals surface area contributed by atoms with Crippen molar-refractivity contribution in [2.24, 2.45) is 10.9 Å². The SMILES string of the molecule is CCCN(CCC)C(=O)COc1ccccc1/C(N)=N/O. The van der Waals surface area contributed by atoms with Gasteiger partial charge in [-0.05, 0) is 25.0 Å². The minimum atomic E-state index is -0.0620. The van der Waals surface area contributed by atoms with Gasteiger partial charge in [-0.15, -0.1) is 0 Å². The van der Waals surface area contributed by atoms with E-state index in [-0.39, 0.29) is 18.3 Å². The number of carbonyl (C=O) groups excluding carboxylic acids is 1. The maximum absolute atomic E-state index is 12.1. The topological polar surface area (TPSA) is 88.2 Å². The van der Waals surface area contributed by atoms with Gasteiger partial charge < -0.3 is 20.6 Å². The maximum atomic E-state index is 12.1. The van der Waals surface area contributed by atoms with Crippen molar-refractivity contribution in [2.75, 3.05) is 19.7 Å². The molecule has 1 amide bonds. The summed E-state index contributed by atoms with van der Waals surface area (Å²) < 4.78 is 5.53. The lowest BCUT2D eigenvalue weighted by atomic mass is 10.2. The maximum Gasteiger partial charge on any atom is 0.260 e. The lowest BCUT2D eigenvalue weighted by Crippen LogP contribution is -2.36. The Morgan fingerprint density at radius 3 is 2.48 bits per heavy atom. The van der Waals surface area contributed by atoms with Gasteiger partial charge in [-0.3, -0.25) is 4.79 Å². The van der Waals surface area contributed by atoms with Crippen LogP contribution in [0.5, 0.6) is 5.75 Å². The van der Waals surface area contributed by atoms with Crippen LogP contribution in [0, 0.1) is 0 Å². The molecule has 0 spiro atoms. The highest BCUT2D eigenvalue weighted by atomic mass is 16.5. The van der Waals surface area contributed by atoms with Crippen molar-refractivity contribution >= 4 is 11.7 Å². The van der Waals surface area contributed by atoms with E-state index in [1.165, 1.54) is 0 Å². The number of nitrogens with two attached hydrogens (primary N) is 1. The Kier molecular flexibility index (Phi) is 7.08. The van der Waals surface area contributed by atoms with Gasteiger partial charge in [0, 0.05) is 13.1 Å². The Balaban J connectivity index is 2.72. The van der Waals surface area contributed by atoms with Crippen LogP contribution >= 0.6 is 0 Å². The first-order chi connectivity index (χ1) is 10.1. The largest absolute Gasteiger partial charge is 0.483 e. The number of hydrogen-bond acceptors (Lipinski definition) is 4. The lowest BCUT2D eigenvalue weighted by Gasteiger charge is -2.21. The van der Waals surface area contributed by atoms with Crippen LogP contribution in [0.3, 0.4) is 0 Å². The predicted octanol–water partition coefficient (Wildman–Crippen LogP) is 1.81. The second kappa shape index (κ2) is 8.84. The summed E-state index contributed by atoms with van der Waals surface area (Å²) in [6.07, 6.45) is 1.82. The average molecular weight is 293 g/mol. The van der Waals surface area contributed by atoms with Crippen LogP contribution in [0.25, 0.3) is 0 Å². The molecule has 0 bridgehead atoms. The van der Waals surface area contributed by atoms with Crippen molar-refractivity contribution < 1.29 is 14.7 Å². The Morgan fingerprint density at radius 1 is 1.29 bits per heavy atom. The number of nitrogens with zero attached hydrogens (tertiary/aromatic N) is 2. The Labute approximate surface area is 125 Å². The van der Waals surface area contributed by atoms with Gasteiger partial charge in [0.15, 0.2) is 12.4 Å². The van der Waals surface area contributed by atoms with E-state index < -0.39 is 0 Å². The molecule has 0 heterocycles. The standard InChI is InChI=1S/C15H23N3O3/c1-3-9-18(10-4-2)14(19)11-21-13-8-6-5-7-12(13)15(16)17-20/h5-8,20H,3-4,9-11H2,1-2H3,(H2,16,17). The van der Waals surface area contributed by atoms with Gasteiger partial charge in [-0.1, -0.05) is 31.1 Å². The highest BCUT2D eigenvalue weighted by Gasteiger charge is 2.14. The molecule has 0 saturated carbocycles. The summed E-state index contributed by atoms with van der Waals surface area (Å²) >= 11 is 0. The summed E-state index contributed by atoms with van der Waals surface area (Å²) in [4.78, 5) is 13.9. The van der Waals surface area contributed by atoms with Crippen LogP contribution in [0.2, 0.25) is 0 Å². The molecular formula is C15H23N3O3. The van der Waals surface area contributed by atoms with Gasteiger partial charge in [0.05, 0.1) is 5.56 Å². The van der Waals surface area contributed by atoms with Gasteiger partial charge in [-0.2, -0.15) is 0 Å². The summed E-state index contributed by atoms with van der Waals surface area (Å²) in [5.41, 5.74) is 6.04. The molecule has 1 rings (SSSR count). The first-order valence-corrected chi connectivity index (χ1v) is 7.11. The van der Waals surface area contributed by atoms with Crippen LogP contribution in [0.15, 0.2) is 29.4 Å². The first kappa shape index (κ1) is 16.8. The lowest BCUT2D eigenvalue weighted by molar-refractivity contribution is -0.133. The first-order valence-electron chi connectivity index (χ1n) is 7.11. The van der Waals surface area contributed by atoms with Crippen LogP contribution in [-0.4, -0.2) is 41.5 Å². The molecule has 0 aromatic heterocycles. The molecule has 0 saturated heterocycles. The van der Waals surface area contributed by atoms with E-state index in [4.69, 9.17) is 15.7 Å². The zero-order chi connectivity index (χ0) is 15.7. The Morgan fingerprint density at radius 2 is 1.90 bits per heavy atom. The average Bonchev–Trinajstić information content (AvgIpc) is 2.52. The van der Waals surface area contributed by atoms with Crippen molar-refractivity contribution in [1.29, 1.82) is 0 Å². The van der Waals surface area contributed by atoms with E-state index in [2.05, 4.69) is 5.16 Å². The van der Waals surface area contributed by atoms with Gasteiger partial charge in [0.25, 0.3) is 5.91 Å². The number of ether oxygens (including phenoxy) is 1. The molecule has 0 aliphatic heterocycles. The number of amides is 1. The van der Waals surface area contributed by atoms with Crippen LogP contribution < -0.4 is 10.5 Å². The summed E-state index contributed by atoms with van der Waals surface area (Å²) in [5, 5.41) is 11.7. The van der Waals surface area contributed by atoms with E-state index in [1.54, 1.807) is 29.2 Å². The fourth-order valence-corrected chi connectivity index (χ4v) is 1.99. The highest BCUT2D eigenvalue weighted by molar-refractivity contribution is 5.99. The van der Waals surface area contributed by atoms with E-state index in [1.807, 2.05) is 13.8 Å². The molecule has 0 atom stereocenters. The molecule has 0 unspecified atom stereocenters. The van der Waals surface area contributed by atoms with Gasteiger partial charge in [-0.25, -0.2) is 0 Å². The van der Waals surface area contributed by atoms with Crippen molar-refractivity contribution in [3.8, 4) is 5.75 Å². The van der Waals surface area contributed by atoms with Crippen molar-refractivity contribution in [2.45, 2.75) is 26.7 Å². The smallest absolute Gasteiger partial charge is 0.260 e. The normalized spacial score (nSPS) is 11.2. The number of hydrogen-bond donors (Lipinski definition) is 2. The molecule has 6 nitrogen and oxygen atoms in total. The zero-order valence-corrected chi connectivity index (χ0v) is 12.6. The highest BCUT2D eigenvalue weighted by Crippen LogP contribution is 2.17. The van der Waals surface area contributed by atoms with Crippen LogP contribution in [-0.2, 0) is 4.79 Å². The van der Waals surface area contributed by atoms with Gasteiger partial charge >= 0.3 is 0 Å². The van der Waals surface area contributed by atoms with Crippen molar-refractivity contribution in [3.05, 3.63) is 29.8 Å². The number of oxime groups is 1. The summed E-state index contributed by atoms with van der Waals surface area (Å²) in [7, 11) is 0. The molecule has 116 valence electrons. The summed E-state index contributed by atoms with van der Waals surface area (Å²) in [6.45, 7) is 5.45. The molecule has 0 fully saturated rings. The number of carbonyl (C=O) groups is 1.